The Balaban J connectivity index is 1.82. The predicted octanol–water partition coefficient (Wildman–Crippen LogP) is 4.23. The maximum Gasteiger partial charge on any atom is 0.162 e. The first-order valence-electron chi connectivity index (χ1n) is 9.20. The first-order valence-corrected chi connectivity index (χ1v) is 9.20. The van der Waals surface area contributed by atoms with Crippen LogP contribution in [0.2, 0.25) is 0 Å². The van der Waals surface area contributed by atoms with E-state index in [1.807, 2.05) is 12.1 Å². The van der Waals surface area contributed by atoms with Crippen LogP contribution in [0.3, 0.4) is 0 Å². The minimum atomic E-state index is -0.221. The van der Waals surface area contributed by atoms with Crippen molar-refractivity contribution >= 4 is 22.4 Å². The van der Waals surface area contributed by atoms with E-state index >= 15 is 0 Å². The van der Waals surface area contributed by atoms with E-state index in [2.05, 4.69) is 46.2 Å². The molecule has 2 aromatic heterocycles. The number of aromatic nitrogens is 3. The Hall–Kier alpha value is -3.08. The number of Topliss-reactive ketones (excluding diaryl/α,β-unsaturated/α-hetero) is 1. The molecule has 0 amide bonds. The zero-order valence-electron chi connectivity index (χ0n) is 15.4. The minimum Gasteiger partial charge on any atom is -0.358 e. The third kappa shape index (κ3) is 2.53. The molecule has 134 valence electrons. The van der Waals surface area contributed by atoms with E-state index < -0.39 is 0 Å². The molecule has 0 fully saturated rings. The van der Waals surface area contributed by atoms with Gasteiger partial charge in [0.1, 0.15) is 0 Å². The number of nitrogens with one attached hydrogen (secondary N) is 1. The van der Waals surface area contributed by atoms with Crippen LogP contribution in [0.25, 0.3) is 10.9 Å². The van der Waals surface area contributed by atoms with Crippen LogP contribution in [0.1, 0.15) is 43.9 Å². The summed E-state index contributed by atoms with van der Waals surface area (Å²) in [6, 6.07) is 8.08. The van der Waals surface area contributed by atoms with Crippen molar-refractivity contribution < 1.29 is 4.79 Å². The van der Waals surface area contributed by atoms with Crippen molar-refractivity contribution in [1.29, 1.82) is 0 Å². The lowest BCUT2D eigenvalue weighted by atomic mass is 9.69. The molecule has 1 aromatic carbocycles. The number of pyridine rings is 1. The van der Waals surface area contributed by atoms with Gasteiger partial charge in [0.2, 0.25) is 0 Å². The molecule has 5 rings (SSSR count). The van der Waals surface area contributed by atoms with E-state index in [1.165, 1.54) is 0 Å². The molecule has 0 saturated carbocycles. The SMILES string of the molecule is CC1(C)CC(=O)C2=C(C1)Nc1ccc3ncccc3c1C2c1cnccn1. The number of nitrogens with zero attached hydrogens (tertiary/aromatic N) is 3. The van der Waals surface area contributed by atoms with Crippen molar-refractivity contribution in [2.24, 2.45) is 5.41 Å². The van der Waals surface area contributed by atoms with E-state index in [0.717, 1.165) is 45.5 Å². The monoisotopic (exact) mass is 356 g/mol. The first kappa shape index (κ1) is 16.1. The maximum atomic E-state index is 13.2. The van der Waals surface area contributed by atoms with Crippen molar-refractivity contribution in [1.82, 2.24) is 15.0 Å². The van der Waals surface area contributed by atoms with E-state index in [4.69, 9.17) is 0 Å². The summed E-state index contributed by atoms with van der Waals surface area (Å²) in [6.45, 7) is 4.29. The van der Waals surface area contributed by atoms with Gasteiger partial charge in [0, 0.05) is 53.6 Å². The zero-order chi connectivity index (χ0) is 18.6. The fourth-order valence-electron chi connectivity index (χ4n) is 4.44. The number of ketones is 1. The Morgan fingerprint density at radius 1 is 1.07 bits per heavy atom. The highest BCUT2D eigenvalue weighted by atomic mass is 16.1. The largest absolute Gasteiger partial charge is 0.358 e. The van der Waals surface area contributed by atoms with Gasteiger partial charge in [-0.2, -0.15) is 0 Å². The van der Waals surface area contributed by atoms with Crippen molar-refractivity contribution in [3.63, 3.8) is 0 Å². The molecule has 0 spiro atoms. The zero-order valence-corrected chi connectivity index (χ0v) is 15.4. The smallest absolute Gasteiger partial charge is 0.162 e. The van der Waals surface area contributed by atoms with Gasteiger partial charge in [-0.1, -0.05) is 19.9 Å². The minimum absolute atomic E-state index is 0.0499. The molecule has 1 unspecified atom stereocenters. The van der Waals surface area contributed by atoms with Crippen LogP contribution in [0, 0.1) is 5.41 Å². The topological polar surface area (TPSA) is 67.8 Å². The van der Waals surface area contributed by atoms with Crippen LogP contribution in [0.4, 0.5) is 5.69 Å². The summed E-state index contributed by atoms with van der Waals surface area (Å²) >= 11 is 0. The molecule has 3 heterocycles. The molecule has 0 radical (unpaired) electrons. The van der Waals surface area contributed by atoms with E-state index in [1.54, 1.807) is 24.8 Å². The lowest BCUT2D eigenvalue weighted by Crippen LogP contribution is -2.34. The van der Waals surface area contributed by atoms with Gasteiger partial charge in [0.05, 0.1) is 17.1 Å². The van der Waals surface area contributed by atoms with Gasteiger partial charge < -0.3 is 5.32 Å². The Morgan fingerprint density at radius 2 is 1.96 bits per heavy atom. The number of fused-ring (bicyclic) bond motifs is 3. The normalized spacial score (nSPS) is 20.8. The molecule has 5 nitrogen and oxygen atoms in total. The highest BCUT2D eigenvalue weighted by Gasteiger charge is 2.41. The van der Waals surface area contributed by atoms with Crippen molar-refractivity contribution in [3.05, 3.63) is 71.6 Å². The van der Waals surface area contributed by atoms with Gasteiger partial charge in [0.25, 0.3) is 0 Å². The molecule has 1 aliphatic carbocycles. The lowest BCUT2D eigenvalue weighted by Gasteiger charge is -2.39. The molecule has 1 aliphatic heterocycles. The van der Waals surface area contributed by atoms with Gasteiger partial charge in [-0.05, 0) is 35.6 Å². The number of carbonyl (C=O) groups is 1. The second kappa shape index (κ2) is 5.71. The molecule has 5 heteroatoms. The summed E-state index contributed by atoms with van der Waals surface area (Å²) in [7, 11) is 0. The highest BCUT2D eigenvalue weighted by Crippen LogP contribution is 2.50. The van der Waals surface area contributed by atoms with Gasteiger partial charge >= 0.3 is 0 Å². The van der Waals surface area contributed by atoms with Crippen LogP contribution in [0.5, 0.6) is 0 Å². The van der Waals surface area contributed by atoms with Gasteiger partial charge in [-0.3, -0.25) is 19.7 Å². The molecule has 2 aliphatic rings. The Labute approximate surface area is 157 Å². The molecular formula is C22H20N4O. The van der Waals surface area contributed by atoms with Crippen LogP contribution >= 0.6 is 0 Å². The van der Waals surface area contributed by atoms with Gasteiger partial charge in [0.15, 0.2) is 5.78 Å². The van der Waals surface area contributed by atoms with Crippen molar-refractivity contribution in [3.8, 4) is 0 Å². The number of carbonyl (C=O) groups excluding carboxylic acids is 1. The number of rotatable bonds is 1. The number of hydrogen-bond acceptors (Lipinski definition) is 5. The van der Waals surface area contributed by atoms with Crippen LogP contribution in [-0.2, 0) is 4.79 Å². The summed E-state index contributed by atoms with van der Waals surface area (Å²) in [4.78, 5) is 26.6. The molecule has 0 saturated heterocycles. The van der Waals surface area contributed by atoms with Crippen molar-refractivity contribution in [2.45, 2.75) is 32.6 Å². The number of anilines is 1. The van der Waals surface area contributed by atoms with Crippen LogP contribution < -0.4 is 5.32 Å². The molecule has 27 heavy (non-hydrogen) atoms. The number of allylic oxidation sites excluding steroid dienone is 2. The van der Waals surface area contributed by atoms with Crippen molar-refractivity contribution in [2.75, 3.05) is 5.32 Å². The third-order valence-corrected chi connectivity index (χ3v) is 5.49. The average Bonchev–Trinajstić information content (AvgIpc) is 2.66. The van der Waals surface area contributed by atoms with Crippen LogP contribution in [0.15, 0.2) is 60.3 Å². The maximum absolute atomic E-state index is 13.2. The van der Waals surface area contributed by atoms with E-state index in [-0.39, 0.29) is 17.1 Å². The lowest BCUT2D eigenvalue weighted by molar-refractivity contribution is -0.118. The first-order chi connectivity index (χ1) is 13.0. The Bertz CT molecular complexity index is 1100. The number of benzene rings is 1. The standard InChI is InChI=1S/C22H20N4O/c1-22(2)10-16-20(18(27)11-22)21(17-12-23-8-9-25-17)19-13-4-3-7-24-14(13)5-6-15(19)26-16/h3-9,12,21,26H,10-11H2,1-2H3. The van der Waals surface area contributed by atoms with Gasteiger partial charge in [-0.25, -0.2) is 0 Å². The molecule has 1 N–H and O–H groups in total. The molecule has 3 aromatic rings. The summed E-state index contributed by atoms with van der Waals surface area (Å²) in [6.07, 6.45) is 8.31. The van der Waals surface area contributed by atoms with Crippen LogP contribution in [-0.4, -0.2) is 20.7 Å². The average molecular weight is 356 g/mol. The number of hydrogen-bond donors (Lipinski definition) is 1. The van der Waals surface area contributed by atoms with E-state index in [0.29, 0.717) is 6.42 Å². The fourth-order valence-corrected chi connectivity index (χ4v) is 4.44. The second-order valence-electron chi connectivity index (χ2n) is 8.12. The molecule has 0 bridgehead atoms. The summed E-state index contributed by atoms with van der Waals surface area (Å²) < 4.78 is 0. The fraction of sp³-hybridized carbons (Fsp3) is 0.273. The quantitative estimate of drug-likeness (QED) is 0.707. The highest BCUT2D eigenvalue weighted by molar-refractivity contribution is 6.03. The summed E-state index contributed by atoms with van der Waals surface area (Å²) in [5.74, 6) is -0.0302. The molecular weight excluding hydrogens is 336 g/mol. The Morgan fingerprint density at radius 3 is 2.78 bits per heavy atom. The van der Waals surface area contributed by atoms with Gasteiger partial charge in [-0.15, -0.1) is 0 Å². The summed E-state index contributed by atoms with van der Waals surface area (Å²) in [5, 5.41) is 4.60. The summed E-state index contributed by atoms with van der Waals surface area (Å²) in [5.41, 5.74) is 5.60. The third-order valence-electron chi connectivity index (χ3n) is 5.49. The predicted molar refractivity (Wildman–Crippen MR) is 104 cm³/mol. The Kier molecular flexibility index (Phi) is 3.41. The second-order valence-corrected chi connectivity index (χ2v) is 8.12. The molecule has 1 atom stereocenters. The van der Waals surface area contributed by atoms with E-state index in [9.17, 15) is 4.79 Å².